The molecular weight excluding hydrogens is 388 g/mol. The van der Waals surface area contributed by atoms with Crippen LogP contribution in [0.25, 0.3) is 0 Å². The van der Waals surface area contributed by atoms with Gasteiger partial charge in [0.15, 0.2) is 5.11 Å². The normalized spacial score (nSPS) is 13.5. The van der Waals surface area contributed by atoms with Crippen LogP contribution >= 0.6 is 23.8 Å². The molecule has 0 aliphatic heterocycles. The first-order valence-corrected chi connectivity index (χ1v) is 9.58. The summed E-state index contributed by atoms with van der Waals surface area (Å²) in [6.45, 7) is 5.64. The van der Waals surface area contributed by atoms with E-state index in [0.717, 1.165) is 18.5 Å². The van der Waals surface area contributed by atoms with Gasteiger partial charge in [0.1, 0.15) is 0 Å². The quantitative estimate of drug-likeness (QED) is 0.537. The van der Waals surface area contributed by atoms with E-state index in [1.165, 1.54) is 0 Å². The van der Waals surface area contributed by atoms with Gasteiger partial charge in [-0.2, -0.15) is 0 Å². The maximum atomic E-state index is 12.1. The monoisotopic (exact) mass is 410 g/mol. The van der Waals surface area contributed by atoms with E-state index in [1.807, 2.05) is 0 Å². The Bertz CT molecular complexity index is 777. The van der Waals surface area contributed by atoms with Gasteiger partial charge in [-0.25, -0.2) is 9.59 Å². The van der Waals surface area contributed by atoms with Crippen molar-refractivity contribution < 1.29 is 19.1 Å². The van der Waals surface area contributed by atoms with E-state index >= 15 is 0 Å². The van der Waals surface area contributed by atoms with Crippen LogP contribution in [0.3, 0.4) is 0 Å². The number of rotatable bonds is 6. The summed E-state index contributed by atoms with van der Waals surface area (Å²) >= 11 is 11.4. The van der Waals surface area contributed by atoms with Gasteiger partial charge in [0.05, 0.1) is 28.9 Å². The lowest BCUT2D eigenvalue weighted by Crippen LogP contribution is -2.29. The second-order valence-electron chi connectivity index (χ2n) is 6.26. The van der Waals surface area contributed by atoms with Gasteiger partial charge < -0.3 is 20.1 Å². The molecule has 0 atom stereocenters. The lowest BCUT2D eigenvalue weighted by Gasteiger charge is -2.14. The van der Waals surface area contributed by atoms with Gasteiger partial charge in [-0.05, 0) is 70.5 Å². The largest absolute Gasteiger partial charge is 0.463 e. The predicted octanol–water partition coefficient (Wildman–Crippen LogP) is 4.19. The zero-order valence-electron chi connectivity index (χ0n) is 15.6. The van der Waals surface area contributed by atoms with E-state index in [2.05, 4.69) is 10.6 Å². The zero-order valence-corrected chi connectivity index (χ0v) is 17.1. The minimum absolute atomic E-state index is 0.247. The first-order chi connectivity index (χ1) is 12.8. The van der Waals surface area contributed by atoms with Gasteiger partial charge in [-0.3, -0.25) is 0 Å². The summed E-state index contributed by atoms with van der Waals surface area (Å²) in [6.07, 6.45) is 2.01. The molecule has 0 spiro atoms. The van der Waals surface area contributed by atoms with Gasteiger partial charge in [0.25, 0.3) is 0 Å². The second kappa shape index (κ2) is 9.71. The van der Waals surface area contributed by atoms with E-state index in [-0.39, 0.29) is 17.6 Å². The average Bonchev–Trinajstić information content (AvgIpc) is 3.04. The lowest BCUT2D eigenvalue weighted by atomic mass is 10.2. The van der Waals surface area contributed by atoms with Crippen LogP contribution in [0.1, 0.15) is 50.4 Å². The number of allylic oxidation sites excluding steroid dienone is 1. The Kier molecular flexibility index (Phi) is 7.62. The molecule has 0 aromatic heterocycles. The van der Waals surface area contributed by atoms with Crippen molar-refractivity contribution in [2.24, 2.45) is 0 Å². The molecule has 0 saturated carbocycles. The van der Waals surface area contributed by atoms with Crippen molar-refractivity contribution >= 4 is 46.6 Å². The maximum absolute atomic E-state index is 12.1. The molecule has 1 aromatic rings. The van der Waals surface area contributed by atoms with Crippen molar-refractivity contribution in [2.45, 2.75) is 46.1 Å². The first kappa shape index (κ1) is 21.2. The average molecular weight is 411 g/mol. The molecule has 0 amide bonds. The number of hydrogen-bond acceptors (Lipinski definition) is 5. The Morgan fingerprint density at radius 2 is 1.96 bits per heavy atom. The number of carbonyl (C=O) groups is 2. The highest BCUT2D eigenvalue weighted by Gasteiger charge is 2.22. The number of carbonyl (C=O) groups excluding carboxylic acids is 2. The number of halogens is 1. The molecule has 0 unspecified atom stereocenters. The van der Waals surface area contributed by atoms with Crippen LogP contribution in [0.4, 0.5) is 5.69 Å². The van der Waals surface area contributed by atoms with E-state index in [4.69, 9.17) is 33.3 Å². The molecule has 2 rings (SSSR count). The predicted molar refractivity (Wildman–Crippen MR) is 109 cm³/mol. The number of anilines is 1. The van der Waals surface area contributed by atoms with E-state index in [1.54, 1.807) is 39.0 Å². The minimum Gasteiger partial charge on any atom is -0.463 e. The van der Waals surface area contributed by atoms with Crippen LogP contribution in [0.15, 0.2) is 29.5 Å². The first-order valence-electron chi connectivity index (χ1n) is 8.79. The Hall–Kier alpha value is -2.12. The molecular formula is C19H23ClN2O4S. The number of esters is 2. The summed E-state index contributed by atoms with van der Waals surface area (Å²) in [5, 5.41) is 6.68. The van der Waals surface area contributed by atoms with Crippen LogP contribution in [-0.2, 0) is 14.3 Å². The highest BCUT2D eigenvalue weighted by atomic mass is 35.5. The fourth-order valence-corrected chi connectivity index (χ4v) is 3.10. The molecule has 0 saturated heterocycles. The van der Waals surface area contributed by atoms with Gasteiger partial charge >= 0.3 is 11.9 Å². The summed E-state index contributed by atoms with van der Waals surface area (Å²) in [5.41, 5.74) is 2.23. The molecule has 1 aliphatic rings. The Balaban J connectivity index is 2.08. The Labute approximate surface area is 169 Å². The fourth-order valence-electron chi connectivity index (χ4n) is 2.66. The summed E-state index contributed by atoms with van der Waals surface area (Å²) in [7, 11) is 0. The molecule has 2 N–H and O–H groups in total. The molecule has 1 aromatic carbocycles. The number of ether oxygens (including phenoxy) is 2. The third kappa shape index (κ3) is 5.94. The number of hydrogen-bond donors (Lipinski definition) is 2. The molecule has 1 aliphatic carbocycles. The summed E-state index contributed by atoms with van der Waals surface area (Å²) < 4.78 is 10.3. The van der Waals surface area contributed by atoms with Crippen LogP contribution < -0.4 is 10.6 Å². The van der Waals surface area contributed by atoms with Crippen LogP contribution in [0.2, 0.25) is 5.02 Å². The second-order valence-corrected chi connectivity index (χ2v) is 7.07. The lowest BCUT2D eigenvalue weighted by molar-refractivity contribution is -0.138. The maximum Gasteiger partial charge on any atom is 0.339 e. The molecule has 8 heteroatoms. The molecule has 0 heterocycles. The Morgan fingerprint density at radius 1 is 1.22 bits per heavy atom. The van der Waals surface area contributed by atoms with E-state index in [0.29, 0.717) is 34.4 Å². The van der Waals surface area contributed by atoms with E-state index < -0.39 is 5.97 Å². The van der Waals surface area contributed by atoms with Crippen molar-refractivity contribution in [3.8, 4) is 0 Å². The van der Waals surface area contributed by atoms with Crippen molar-refractivity contribution in [1.82, 2.24) is 5.32 Å². The van der Waals surface area contributed by atoms with Crippen molar-refractivity contribution in [3.63, 3.8) is 0 Å². The molecule has 0 fully saturated rings. The Morgan fingerprint density at radius 3 is 2.63 bits per heavy atom. The highest BCUT2D eigenvalue weighted by molar-refractivity contribution is 7.80. The molecule has 6 nitrogen and oxygen atoms in total. The van der Waals surface area contributed by atoms with Crippen molar-refractivity contribution in [3.05, 3.63) is 40.1 Å². The highest BCUT2D eigenvalue weighted by Crippen LogP contribution is 2.26. The van der Waals surface area contributed by atoms with E-state index in [9.17, 15) is 9.59 Å². The molecule has 27 heavy (non-hydrogen) atoms. The minimum atomic E-state index is -0.499. The fraction of sp³-hybridized carbons (Fsp3) is 0.421. The van der Waals surface area contributed by atoms with Gasteiger partial charge in [-0.1, -0.05) is 11.6 Å². The summed E-state index contributed by atoms with van der Waals surface area (Å²) in [5.74, 6) is -0.814. The van der Waals surface area contributed by atoms with Crippen LogP contribution in [0, 0.1) is 0 Å². The van der Waals surface area contributed by atoms with Crippen molar-refractivity contribution in [2.75, 3.05) is 11.9 Å². The third-order valence-electron chi connectivity index (χ3n) is 3.79. The number of thiocarbonyl (C=S) groups is 1. The van der Waals surface area contributed by atoms with Gasteiger partial charge in [0, 0.05) is 11.4 Å². The number of benzene rings is 1. The summed E-state index contributed by atoms with van der Waals surface area (Å²) in [4.78, 5) is 24.1. The standard InChI is InChI=1S/C19H23ClN2O4S/c1-4-25-17(23)13-6-5-7-16(13)22-19(27)21-12-8-9-15(20)14(10-12)18(24)26-11(2)3/h8-11H,4-7H2,1-3H3,(H2,21,22,27). The molecule has 0 bridgehead atoms. The summed E-state index contributed by atoms with van der Waals surface area (Å²) in [6, 6.07) is 4.89. The van der Waals surface area contributed by atoms with Gasteiger partial charge in [0.2, 0.25) is 0 Å². The topological polar surface area (TPSA) is 76.7 Å². The zero-order chi connectivity index (χ0) is 20.0. The smallest absolute Gasteiger partial charge is 0.339 e. The molecule has 0 radical (unpaired) electrons. The van der Waals surface area contributed by atoms with Crippen LogP contribution in [-0.4, -0.2) is 29.8 Å². The van der Waals surface area contributed by atoms with Crippen molar-refractivity contribution in [1.29, 1.82) is 0 Å². The number of nitrogens with one attached hydrogen (secondary N) is 2. The SMILES string of the molecule is CCOC(=O)C1=C(NC(=S)Nc2ccc(Cl)c(C(=O)OC(C)C)c2)CCC1. The molecule has 146 valence electrons. The van der Waals surface area contributed by atoms with Gasteiger partial charge in [-0.15, -0.1) is 0 Å². The van der Waals surface area contributed by atoms with Crippen LogP contribution in [0.5, 0.6) is 0 Å². The third-order valence-corrected chi connectivity index (χ3v) is 4.32.